The topological polar surface area (TPSA) is 40.5 Å². The van der Waals surface area contributed by atoms with Gasteiger partial charge in [0, 0.05) is 12.6 Å². The molecule has 0 amide bonds. The van der Waals surface area contributed by atoms with Crippen LogP contribution in [0, 0.1) is 17.8 Å². The number of hydrogen-bond donors (Lipinski definition) is 1. The molecule has 0 aromatic heterocycles. The highest BCUT2D eigenvalue weighted by molar-refractivity contribution is 5.70. The predicted octanol–water partition coefficient (Wildman–Crippen LogP) is 1.83. The van der Waals surface area contributed by atoms with Crippen LogP contribution in [-0.2, 0) is 4.79 Å². The maximum absolute atomic E-state index is 10.9. The third-order valence-electron chi connectivity index (χ3n) is 4.39. The normalized spacial score (nSPS) is 42.3. The van der Waals surface area contributed by atoms with Crippen LogP contribution >= 0.6 is 0 Å². The number of hydrogen-bond acceptors (Lipinski definition) is 2. The van der Waals surface area contributed by atoms with Crippen molar-refractivity contribution < 1.29 is 9.90 Å². The number of nitrogens with zero attached hydrogens (tertiary/aromatic N) is 1. The molecule has 15 heavy (non-hydrogen) atoms. The lowest BCUT2D eigenvalue weighted by Crippen LogP contribution is -2.54. The smallest absolute Gasteiger partial charge is 0.307 e. The molecular weight excluding hydrogens is 190 g/mol. The summed E-state index contributed by atoms with van der Waals surface area (Å²) in [5.41, 5.74) is 0. The van der Waals surface area contributed by atoms with Crippen LogP contribution in [0.3, 0.4) is 0 Å². The van der Waals surface area contributed by atoms with E-state index in [2.05, 4.69) is 18.7 Å². The molecule has 1 saturated carbocycles. The van der Waals surface area contributed by atoms with Gasteiger partial charge in [-0.1, -0.05) is 13.8 Å². The van der Waals surface area contributed by atoms with Crippen molar-refractivity contribution in [3.8, 4) is 0 Å². The highest BCUT2D eigenvalue weighted by Gasteiger charge is 2.40. The van der Waals surface area contributed by atoms with E-state index in [0.29, 0.717) is 6.04 Å². The van der Waals surface area contributed by atoms with Gasteiger partial charge in [-0.25, -0.2) is 0 Å². The number of aliphatic carboxylic acids is 1. The average molecular weight is 211 g/mol. The molecule has 4 unspecified atom stereocenters. The van der Waals surface area contributed by atoms with Crippen molar-refractivity contribution in [1.29, 1.82) is 0 Å². The van der Waals surface area contributed by atoms with Crippen LogP contribution in [0.25, 0.3) is 0 Å². The van der Waals surface area contributed by atoms with Crippen LogP contribution in [0.5, 0.6) is 0 Å². The summed E-state index contributed by atoms with van der Waals surface area (Å²) in [7, 11) is 0. The zero-order valence-electron chi connectivity index (χ0n) is 9.65. The summed E-state index contributed by atoms with van der Waals surface area (Å²) in [6, 6.07) is 0.655. The molecule has 1 aliphatic carbocycles. The fourth-order valence-electron chi connectivity index (χ4n) is 2.98. The third-order valence-corrected chi connectivity index (χ3v) is 4.39. The van der Waals surface area contributed by atoms with E-state index < -0.39 is 5.97 Å². The number of carboxylic acid groups (broad SMARTS) is 1. The lowest BCUT2D eigenvalue weighted by atomic mass is 9.70. The Labute approximate surface area is 91.5 Å². The van der Waals surface area contributed by atoms with Crippen molar-refractivity contribution in [3.63, 3.8) is 0 Å². The highest BCUT2D eigenvalue weighted by atomic mass is 16.4. The molecule has 3 nitrogen and oxygen atoms in total. The molecule has 86 valence electrons. The molecule has 0 spiro atoms. The van der Waals surface area contributed by atoms with Gasteiger partial charge in [0.1, 0.15) is 0 Å². The molecule has 0 bridgehead atoms. The maximum atomic E-state index is 10.9. The Morgan fingerprint density at radius 3 is 2.67 bits per heavy atom. The van der Waals surface area contributed by atoms with Gasteiger partial charge in [-0.2, -0.15) is 0 Å². The summed E-state index contributed by atoms with van der Waals surface area (Å²) in [5.74, 6) is 0.833. The molecule has 2 rings (SSSR count). The second kappa shape index (κ2) is 4.12. The summed E-state index contributed by atoms with van der Waals surface area (Å²) in [5, 5.41) is 9.02. The summed E-state index contributed by atoms with van der Waals surface area (Å²) >= 11 is 0. The molecule has 0 aromatic carbocycles. The molecule has 1 N–H and O–H groups in total. The van der Waals surface area contributed by atoms with E-state index in [1.807, 2.05) is 0 Å². The molecule has 1 heterocycles. The molecule has 1 saturated heterocycles. The first-order valence-electron chi connectivity index (χ1n) is 6.06. The Balaban J connectivity index is 1.91. The van der Waals surface area contributed by atoms with Crippen molar-refractivity contribution >= 4 is 5.97 Å². The van der Waals surface area contributed by atoms with Gasteiger partial charge in [0.25, 0.3) is 0 Å². The van der Waals surface area contributed by atoms with Crippen molar-refractivity contribution in [2.45, 2.75) is 39.2 Å². The van der Waals surface area contributed by atoms with Gasteiger partial charge in [0.2, 0.25) is 0 Å². The fourth-order valence-corrected chi connectivity index (χ4v) is 2.98. The zero-order valence-corrected chi connectivity index (χ0v) is 9.65. The van der Waals surface area contributed by atoms with Crippen LogP contribution in [0.4, 0.5) is 0 Å². The van der Waals surface area contributed by atoms with E-state index in [1.54, 1.807) is 0 Å². The third kappa shape index (κ3) is 2.03. The van der Waals surface area contributed by atoms with Crippen molar-refractivity contribution in [1.82, 2.24) is 4.90 Å². The minimum Gasteiger partial charge on any atom is -0.481 e. The van der Waals surface area contributed by atoms with E-state index in [4.69, 9.17) is 5.11 Å². The minimum absolute atomic E-state index is 0.123. The SMILES string of the molecule is CC1CC(N2CCCC(C(=O)O)C2)C1C. The van der Waals surface area contributed by atoms with Crippen LogP contribution in [0.15, 0.2) is 0 Å². The predicted molar refractivity (Wildman–Crippen MR) is 58.7 cm³/mol. The molecular formula is C12H21NO2. The Morgan fingerprint density at radius 1 is 1.40 bits per heavy atom. The first-order valence-corrected chi connectivity index (χ1v) is 6.06. The lowest BCUT2D eigenvalue weighted by Gasteiger charge is -2.49. The Hall–Kier alpha value is -0.570. The van der Waals surface area contributed by atoms with E-state index in [1.165, 1.54) is 6.42 Å². The molecule has 4 atom stereocenters. The Morgan fingerprint density at radius 2 is 2.13 bits per heavy atom. The van der Waals surface area contributed by atoms with Crippen molar-refractivity contribution in [2.24, 2.45) is 17.8 Å². The van der Waals surface area contributed by atoms with Crippen molar-refractivity contribution in [3.05, 3.63) is 0 Å². The number of likely N-dealkylation sites (tertiary alicyclic amines) is 1. The lowest BCUT2D eigenvalue weighted by molar-refractivity contribution is -0.144. The average Bonchev–Trinajstić information content (AvgIpc) is 2.25. The van der Waals surface area contributed by atoms with Gasteiger partial charge in [-0.3, -0.25) is 9.69 Å². The van der Waals surface area contributed by atoms with Crippen LogP contribution in [0.2, 0.25) is 0 Å². The molecule has 0 radical (unpaired) electrons. The quantitative estimate of drug-likeness (QED) is 0.757. The second-order valence-corrected chi connectivity index (χ2v) is 5.31. The van der Waals surface area contributed by atoms with E-state index in [9.17, 15) is 4.79 Å². The molecule has 3 heteroatoms. The number of carbonyl (C=O) groups is 1. The van der Waals surface area contributed by atoms with Crippen LogP contribution in [0.1, 0.15) is 33.1 Å². The summed E-state index contributed by atoms with van der Waals surface area (Å²) in [4.78, 5) is 13.4. The van der Waals surface area contributed by atoms with Gasteiger partial charge in [0.05, 0.1) is 5.92 Å². The minimum atomic E-state index is -0.611. The standard InChI is InChI=1S/C12H21NO2/c1-8-6-11(9(8)2)13-5-3-4-10(7-13)12(14)15/h8-11H,3-7H2,1-2H3,(H,14,15). The number of piperidine rings is 1. The van der Waals surface area contributed by atoms with Gasteiger partial charge in [0.15, 0.2) is 0 Å². The first kappa shape index (κ1) is 10.9. The monoisotopic (exact) mass is 211 g/mol. The van der Waals surface area contributed by atoms with E-state index in [-0.39, 0.29) is 5.92 Å². The van der Waals surface area contributed by atoms with Gasteiger partial charge >= 0.3 is 5.97 Å². The van der Waals surface area contributed by atoms with Crippen LogP contribution in [-0.4, -0.2) is 35.1 Å². The maximum Gasteiger partial charge on any atom is 0.307 e. The molecule has 0 aromatic rings. The Bertz CT molecular complexity index is 254. The van der Waals surface area contributed by atoms with E-state index >= 15 is 0 Å². The summed E-state index contributed by atoms with van der Waals surface area (Å²) in [6.07, 6.45) is 3.17. The molecule has 2 fully saturated rings. The van der Waals surface area contributed by atoms with Gasteiger partial charge in [-0.15, -0.1) is 0 Å². The molecule has 2 aliphatic rings. The Kier molecular flexibility index (Phi) is 3.01. The highest BCUT2D eigenvalue weighted by Crippen LogP contribution is 2.39. The zero-order chi connectivity index (χ0) is 11.0. The summed E-state index contributed by atoms with van der Waals surface area (Å²) < 4.78 is 0. The van der Waals surface area contributed by atoms with Gasteiger partial charge < -0.3 is 5.11 Å². The van der Waals surface area contributed by atoms with E-state index in [0.717, 1.165) is 37.8 Å². The molecule has 1 aliphatic heterocycles. The van der Waals surface area contributed by atoms with Crippen molar-refractivity contribution in [2.75, 3.05) is 13.1 Å². The van der Waals surface area contributed by atoms with Gasteiger partial charge in [-0.05, 0) is 37.6 Å². The fraction of sp³-hybridized carbons (Fsp3) is 0.917. The first-order chi connectivity index (χ1) is 7.09. The summed E-state index contributed by atoms with van der Waals surface area (Å²) in [6.45, 7) is 6.46. The number of carboxylic acids is 1. The number of rotatable bonds is 2. The van der Waals surface area contributed by atoms with Crippen LogP contribution < -0.4 is 0 Å². The second-order valence-electron chi connectivity index (χ2n) is 5.31. The largest absolute Gasteiger partial charge is 0.481 e.